The lowest BCUT2D eigenvalue weighted by atomic mass is 9.96. The number of sulfonamides is 1. The summed E-state index contributed by atoms with van der Waals surface area (Å²) < 4.78 is 26.5. The molecule has 1 aliphatic rings. The lowest BCUT2D eigenvalue weighted by Gasteiger charge is -2.34. The molecule has 1 amide bonds. The molecular weight excluding hydrogens is 410 g/mol. The van der Waals surface area contributed by atoms with E-state index in [0.717, 1.165) is 18.4 Å². The van der Waals surface area contributed by atoms with Crippen molar-refractivity contribution in [3.63, 3.8) is 0 Å². The number of benzene rings is 1. The number of pyridine rings is 1. The SMILES string of the molecule is CCCCS(=O)(=O)N1CCC(C(=O)N(CCc2ccccc2)Cc2ccncc2)CC1. The Hall–Kier alpha value is -2.25. The minimum absolute atomic E-state index is 0.123. The van der Waals surface area contributed by atoms with Gasteiger partial charge in [0, 0.05) is 44.5 Å². The summed E-state index contributed by atoms with van der Waals surface area (Å²) in [5, 5.41) is 0. The first-order valence-electron chi connectivity index (χ1n) is 11.2. The Morgan fingerprint density at radius 3 is 2.39 bits per heavy atom. The molecule has 2 aromatic rings. The van der Waals surface area contributed by atoms with Crippen molar-refractivity contribution in [3.05, 3.63) is 66.0 Å². The van der Waals surface area contributed by atoms with Crippen LogP contribution >= 0.6 is 0 Å². The number of piperidine rings is 1. The number of rotatable bonds is 10. The molecule has 0 unspecified atom stereocenters. The van der Waals surface area contributed by atoms with Crippen LogP contribution in [0.15, 0.2) is 54.9 Å². The minimum atomic E-state index is -3.21. The molecule has 168 valence electrons. The first-order chi connectivity index (χ1) is 15.0. The van der Waals surface area contributed by atoms with Crippen LogP contribution in [0.4, 0.5) is 0 Å². The van der Waals surface area contributed by atoms with Gasteiger partial charge < -0.3 is 4.90 Å². The van der Waals surface area contributed by atoms with Gasteiger partial charge in [0.25, 0.3) is 0 Å². The average molecular weight is 444 g/mol. The zero-order valence-electron chi connectivity index (χ0n) is 18.3. The van der Waals surface area contributed by atoms with Gasteiger partial charge in [0.2, 0.25) is 15.9 Å². The van der Waals surface area contributed by atoms with Crippen LogP contribution < -0.4 is 0 Å². The molecule has 0 spiro atoms. The molecule has 31 heavy (non-hydrogen) atoms. The quantitative estimate of drug-likeness (QED) is 0.564. The summed E-state index contributed by atoms with van der Waals surface area (Å²) in [5.74, 6) is 0.196. The summed E-state index contributed by atoms with van der Waals surface area (Å²) in [6.07, 6.45) is 7.00. The zero-order valence-corrected chi connectivity index (χ0v) is 19.1. The Bertz CT molecular complexity index is 912. The lowest BCUT2D eigenvalue weighted by Crippen LogP contribution is -2.45. The summed E-state index contributed by atoms with van der Waals surface area (Å²) in [7, 11) is -3.21. The van der Waals surface area contributed by atoms with Gasteiger partial charge >= 0.3 is 0 Å². The van der Waals surface area contributed by atoms with Gasteiger partial charge in [0.1, 0.15) is 0 Å². The Kier molecular flexibility index (Phi) is 8.60. The van der Waals surface area contributed by atoms with Gasteiger partial charge in [0.15, 0.2) is 0 Å². The van der Waals surface area contributed by atoms with Crippen LogP contribution in [0.25, 0.3) is 0 Å². The average Bonchev–Trinajstić information content (AvgIpc) is 2.81. The Labute approximate surface area is 186 Å². The Morgan fingerprint density at radius 1 is 1.06 bits per heavy atom. The third-order valence-corrected chi connectivity index (χ3v) is 7.86. The van der Waals surface area contributed by atoms with E-state index in [1.165, 1.54) is 5.56 Å². The number of carbonyl (C=O) groups is 1. The smallest absolute Gasteiger partial charge is 0.226 e. The van der Waals surface area contributed by atoms with Crippen molar-refractivity contribution in [3.8, 4) is 0 Å². The van der Waals surface area contributed by atoms with Crippen molar-refractivity contribution in [2.45, 2.75) is 45.6 Å². The van der Waals surface area contributed by atoms with Crippen LogP contribution in [-0.4, -0.2) is 53.9 Å². The molecule has 6 nitrogen and oxygen atoms in total. The van der Waals surface area contributed by atoms with E-state index in [1.807, 2.05) is 42.2 Å². The van der Waals surface area contributed by atoms with Gasteiger partial charge in [-0.2, -0.15) is 0 Å². The molecule has 0 saturated carbocycles. The van der Waals surface area contributed by atoms with Crippen molar-refractivity contribution >= 4 is 15.9 Å². The molecule has 0 radical (unpaired) electrons. The second-order valence-electron chi connectivity index (χ2n) is 8.19. The van der Waals surface area contributed by atoms with Crippen LogP contribution in [0.3, 0.4) is 0 Å². The molecular formula is C24H33N3O3S. The van der Waals surface area contributed by atoms with E-state index in [4.69, 9.17) is 0 Å². The van der Waals surface area contributed by atoms with Gasteiger partial charge in [-0.1, -0.05) is 43.7 Å². The summed E-state index contributed by atoms with van der Waals surface area (Å²) in [6.45, 7) is 4.05. The fraction of sp³-hybridized carbons (Fsp3) is 0.500. The fourth-order valence-corrected chi connectivity index (χ4v) is 5.66. The molecule has 1 aromatic carbocycles. The van der Waals surface area contributed by atoms with Crippen molar-refractivity contribution < 1.29 is 13.2 Å². The highest BCUT2D eigenvalue weighted by atomic mass is 32.2. The molecule has 0 aliphatic carbocycles. The van der Waals surface area contributed by atoms with Crippen LogP contribution in [0.2, 0.25) is 0 Å². The minimum Gasteiger partial charge on any atom is -0.338 e. The summed E-state index contributed by atoms with van der Waals surface area (Å²) in [4.78, 5) is 19.4. The number of amides is 1. The van der Waals surface area contributed by atoms with Crippen molar-refractivity contribution in [1.29, 1.82) is 0 Å². The third-order valence-electron chi connectivity index (χ3n) is 5.90. The molecule has 1 aliphatic heterocycles. The van der Waals surface area contributed by atoms with E-state index in [1.54, 1.807) is 16.7 Å². The van der Waals surface area contributed by atoms with E-state index in [-0.39, 0.29) is 17.6 Å². The number of hydrogen-bond acceptors (Lipinski definition) is 4. The maximum atomic E-state index is 13.4. The number of carbonyl (C=O) groups excluding carboxylic acids is 1. The van der Waals surface area contributed by atoms with E-state index in [9.17, 15) is 13.2 Å². The maximum absolute atomic E-state index is 13.4. The van der Waals surface area contributed by atoms with E-state index < -0.39 is 10.0 Å². The molecule has 3 rings (SSSR count). The second-order valence-corrected chi connectivity index (χ2v) is 10.3. The topological polar surface area (TPSA) is 70.6 Å². The highest BCUT2D eigenvalue weighted by Gasteiger charge is 2.32. The van der Waals surface area contributed by atoms with E-state index in [0.29, 0.717) is 45.4 Å². The van der Waals surface area contributed by atoms with E-state index in [2.05, 4.69) is 17.1 Å². The Morgan fingerprint density at radius 2 is 1.74 bits per heavy atom. The predicted molar refractivity (Wildman–Crippen MR) is 123 cm³/mol. The van der Waals surface area contributed by atoms with Gasteiger partial charge in [-0.05, 0) is 48.9 Å². The molecule has 1 fully saturated rings. The first-order valence-corrected chi connectivity index (χ1v) is 12.8. The summed E-state index contributed by atoms with van der Waals surface area (Å²) in [5.41, 5.74) is 2.25. The van der Waals surface area contributed by atoms with Gasteiger partial charge in [0.05, 0.1) is 5.75 Å². The number of hydrogen-bond donors (Lipinski definition) is 0. The standard InChI is InChI=1S/C24H33N3O3S/c1-2-3-19-31(29,30)27-17-12-23(13-18-27)24(28)26(20-22-9-14-25-15-10-22)16-11-21-7-5-4-6-8-21/h4-10,14-15,23H,2-3,11-13,16-20H2,1H3. The predicted octanol–water partition coefficient (Wildman–Crippen LogP) is 3.49. The van der Waals surface area contributed by atoms with Gasteiger partial charge in [-0.15, -0.1) is 0 Å². The molecule has 2 heterocycles. The number of unbranched alkanes of at least 4 members (excludes halogenated alkanes) is 1. The summed E-state index contributed by atoms with van der Waals surface area (Å²) in [6, 6.07) is 14.0. The molecule has 1 saturated heterocycles. The lowest BCUT2D eigenvalue weighted by molar-refractivity contribution is -0.137. The fourth-order valence-electron chi connectivity index (χ4n) is 3.98. The highest BCUT2D eigenvalue weighted by molar-refractivity contribution is 7.89. The number of aromatic nitrogens is 1. The van der Waals surface area contributed by atoms with Gasteiger partial charge in [-0.25, -0.2) is 12.7 Å². The Balaban J connectivity index is 1.64. The maximum Gasteiger partial charge on any atom is 0.226 e. The zero-order chi connectivity index (χ0) is 22.1. The summed E-state index contributed by atoms with van der Waals surface area (Å²) >= 11 is 0. The monoisotopic (exact) mass is 443 g/mol. The molecule has 0 N–H and O–H groups in total. The highest BCUT2D eigenvalue weighted by Crippen LogP contribution is 2.23. The van der Waals surface area contributed by atoms with Crippen molar-refractivity contribution in [2.24, 2.45) is 5.92 Å². The molecule has 1 aromatic heterocycles. The molecule has 0 atom stereocenters. The van der Waals surface area contributed by atoms with Crippen molar-refractivity contribution in [2.75, 3.05) is 25.4 Å². The molecule has 0 bridgehead atoms. The van der Waals surface area contributed by atoms with Crippen LogP contribution in [0, 0.1) is 5.92 Å². The second kappa shape index (κ2) is 11.4. The van der Waals surface area contributed by atoms with Crippen molar-refractivity contribution in [1.82, 2.24) is 14.2 Å². The first kappa shape index (κ1) is 23.4. The van der Waals surface area contributed by atoms with E-state index >= 15 is 0 Å². The largest absolute Gasteiger partial charge is 0.338 e. The third kappa shape index (κ3) is 6.87. The van der Waals surface area contributed by atoms with Crippen LogP contribution in [-0.2, 0) is 27.8 Å². The van der Waals surface area contributed by atoms with Crippen LogP contribution in [0.1, 0.15) is 43.7 Å². The number of nitrogens with zero attached hydrogens (tertiary/aromatic N) is 3. The normalized spacial score (nSPS) is 15.6. The van der Waals surface area contributed by atoms with Crippen LogP contribution in [0.5, 0.6) is 0 Å². The molecule has 7 heteroatoms. The van der Waals surface area contributed by atoms with Gasteiger partial charge in [-0.3, -0.25) is 9.78 Å².